The summed E-state index contributed by atoms with van der Waals surface area (Å²) in [6.07, 6.45) is 4.86. The van der Waals surface area contributed by atoms with Crippen LogP contribution < -0.4 is 9.64 Å². The van der Waals surface area contributed by atoms with Crippen molar-refractivity contribution in [1.82, 2.24) is 9.80 Å². The molecule has 2 unspecified atom stereocenters. The van der Waals surface area contributed by atoms with Crippen LogP contribution in [0.2, 0.25) is 0 Å². The summed E-state index contributed by atoms with van der Waals surface area (Å²) in [6.45, 7) is 16.6. The van der Waals surface area contributed by atoms with Crippen molar-refractivity contribution in [3.05, 3.63) is 85.5 Å². The summed E-state index contributed by atoms with van der Waals surface area (Å²) in [4.78, 5) is 49.5. The smallest absolute Gasteiger partial charge is 0.249 e. The first-order valence-electron chi connectivity index (χ1n) is 16.8. The molecule has 252 valence electrons. The molecule has 3 saturated heterocycles. The molecule has 9 nitrogen and oxygen atoms in total. The molecular weight excluding hydrogens is 594 g/mol. The Balaban J connectivity index is 1.60. The monoisotopic (exact) mass is 643 g/mol. The Kier molecular flexibility index (Phi) is 10.3. The number of hydrogen-bond donors (Lipinski definition) is 1. The number of aliphatic hydroxyl groups excluding tert-OH is 1. The van der Waals surface area contributed by atoms with E-state index in [4.69, 9.17) is 9.47 Å². The van der Waals surface area contributed by atoms with Crippen LogP contribution >= 0.6 is 0 Å². The Hall–Kier alpha value is -3.95. The van der Waals surface area contributed by atoms with E-state index in [0.717, 1.165) is 5.56 Å². The van der Waals surface area contributed by atoms with Gasteiger partial charge in [0, 0.05) is 25.3 Å². The van der Waals surface area contributed by atoms with Gasteiger partial charge in [-0.2, -0.15) is 0 Å². The summed E-state index contributed by atoms with van der Waals surface area (Å²) >= 11 is 0. The van der Waals surface area contributed by atoms with E-state index in [-0.39, 0.29) is 43.3 Å². The minimum atomic E-state index is -1.22. The van der Waals surface area contributed by atoms with Crippen LogP contribution in [0.4, 0.5) is 5.69 Å². The predicted octanol–water partition coefficient (Wildman–Crippen LogP) is 4.99. The number of fused-ring (bicyclic) bond motifs is 1. The number of hydrogen-bond acceptors (Lipinski definition) is 6. The molecule has 5 rings (SSSR count). The van der Waals surface area contributed by atoms with Crippen LogP contribution in [0.3, 0.4) is 0 Å². The molecule has 9 heteroatoms. The zero-order chi connectivity index (χ0) is 33.9. The van der Waals surface area contributed by atoms with Gasteiger partial charge >= 0.3 is 0 Å². The fourth-order valence-corrected chi connectivity index (χ4v) is 8.16. The topological polar surface area (TPSA) is 99.6 Å². The number of rotatable bonds is 15. The highest BCUT2D eigenvalue weighted by Crippen LogP contribution is 2.65. The highest BCUT2D eigenvalue weighted by molar-refractivity contribution is 6.03. The Morgan fingerprint density at radius 1 is 1.04 bits per heavy atom. The van der Waals surface area contributed by atoms with Gasteiger partial charge in [-0.1, -0.05) is 63.3 Å². The van der Waals surface area contributed by atoms with Crippen LogP contribution in [0, 0.1) is 17.8 Å². The van der Waals surface area contributed by atoms with Crippen molar-refractivity contribution in [2.24, 2.45) is 17.8 Å². The summed E-state index contributed by atoms with van der Waals surface area (Å²) in [5.41, 5.74) is -0.532. The van der Waals surface area contributed by atoms with Crippen molar-refractivity contribution in [3.8, 4) is 5.75 Å². The number of nitrogens with zero attached hydrogens (tertiary/aromatic N) is 3. The van der Waals surface area contributed by atoms with Gasteiger partial charge in [0.25, 0.3) is 0 Å². The highest BCUT2D eigenvalue weighted by atomic mass is 16.5. The SMILES string of the molecule is C=CCN(Cc1ccccc1)C(=O)C1N([C@@H](CO)C(C)C)C(=O)[C@@H]2[C@H](C(=O)N(CC=C)c3ccc(OCC)cc3)[C@]3(CC)CCC12O3. The quantitative estimate of drug-likeness (QED) is 0.275. The lowest BCUT2D eigenvalue weighted by molar-refractivity contribution is -0.157. The van der Waals surface area contributed by atoms with Gasteiger partial charge in [0.05, 0.1) is 36.7 Å². The summed E-state index contributed by atoms with van der Waals surface area (Å²) < 4.78 is 12.7. The van der Waals surface area contributed by atoms with Crippen LogP contribution in [0.15, 0.2) is 79.9 Å². The second-order valence-electron chi connectivity index (χ2n) is 13.2. The largest absolute Gasteiger partial charge is 0.494 e. The van der Waals surface area contributed by atoms with Gasteiger partial charge in [0.2, 0.25) is 17.7 Å². The lowest BCUT2D eigenvalue weighted by Gasteiger charge is -2.40. The molecule has 2 aromatic carbocycles. The zero-order valence-corrected chi connectivity index (χ0v) is 28.1. The van der Waals surface area contributed by atoms with Crippen LogP contribution in [-0.2, 0) is 25.7 Å². The van der Waals surface area contributed by atoms with Crippen molar-refractivity contribution in [2.45, 2.75) is 76.8 Å². The second kappa shape index (κ2) is 14.0. The number of anilines is 1. The Bertz CT molecular complexity index is 1460. The van der Waals surface area contributed by atoms with E-state index in [9.17, 15) is 19.5 Å². The summed E-state index contributed by atoms with van der Waals surface area (Å²) in [5, 5.41) is 10.6. The maximum absolute atomic E-state index is 14.9. The number of ether oxygens (including phenoxy) is 2. The molecule has 1 N–H and O–H groups in total. The number of benzene rings is 2. The molecule has 3 aliphatic rings. The van der Waals surface area contributed by atoms with Crippen molar-refractivity contribution in [1.29, 1.82) is 0 Å². The first-order chi connectivity index (χ1) is 22.6. The van der Waals surface area contributed by atoms with Crippen molar-refractivity contribution in [3.63, 3.8) is 0 Å². The van der Waals surface area contributed by atoms with Crippen LogP contribution in [0.1, 0.15) is 52.5 Å². The van der Waals surface area contributed by atoms with E-state index >= 15 is 0 Å². The van der Waals surface area contributed by atoms with E-state index in [2.05, 4.69) is 13.2 Å². The van der Waals surface area contributed by atoms with Crippen molar-refractivity contribution < 1.29 is 29.0 Å². The summed E-state index contributed by atoms with van der Waals surface area (Å²) in [6, 6.07) is 15.4. The molecule has 1 spiro atoms. The van der Waals surface area contributed by atoms with E-state index in [1.807, 2.05) is 82.3 Å². The molecule has 0 aromatic heterocycles. The second-order valence-corrected chi connectivity index (χ2v) is 13.2. The van der Waals surface area contributed by atoms with E-state index < -0.39 is 35.1 Å². The van der Waals surface area contributed by atoms with Gasteiger partial charge in [-0.25, -0.2) is 0 Å². The first kappa shape index (κ1) is 34.4. The zero-order valence-electron chi connectivity index (χ0n) is 28.1. The van der Waals surface area contributed by atoms with Gasteiger partial charge in [0.15, 0.2) is 0 Å². The van der Waals surface area contributed by atoms with Gasteiger partial charge in [-0.05, 0) is 61.9 Å². The standard InChI is InChI=1S/C38H49N3O6/c1-7-22-39(24-27-14-12-11-13-15-27)36(45)33-38-21-20-37(9-3,47-38)31(32(38)35(44)41(33)30(25-42)26(5)6)34(43)40(23-8-2)28-16-18-29(19-17-28)46-10-4/h7-8,11-19,26,30-33,42H,1-2,9-10,20-25H2,3-6H3/t30-,31+,32-,33?,37-,38?/m0/s1. The average Bonchev–Trinajstić information content (AvgIpc) is 3.68. The predicted molar refractivity (Wildman–Crippen MR) is 182 cm³/mol. The van der Waals surface area contributed by atoms with E-state index in [1.54, 1.807) is 26.9 Å². The van der Waals surface area contributed by atoms with Gasteiger partial charge in [-0.3, -0.25) is 14.4 Å². The highest BCUT2D eigenvalue weighted by Gasteiger charge is 2.79. The Morgan fingerprint density at radius 2 is 1.72 bits per heavy atom. The third-order valence-corrected chi connectivity index (χ3v) is 10.3. The molecule has 2 bridgehead atoms. The van der Waals surface area contributed by atoms with E-state index in [0.29, 0.717) is 43.9 Å². The van der Waals surface area contributed by atoms with Crippen LogP contribution in [0.25, 0.3) is 0 Å². The lowest BCUT2D eigenvalue weighted by Crippen LogP contribution is -2.59. The Labute approximate surface area is 278 Å². The molecule has 47 heavy (non-hydrogen) atoms. The maximum Gasteiger partial charge on any atom is 0.249 e. The number of carbonyl (C=O) groups excluding carboxylic acids is 3. The minimum Gasteiger partial charge on any atom is -0.494 e. The first-order valence-corrected chi connectivity index (χ1v) is 16.8. The molecule has 2 aromatic rings. The third kappa shape index (κ3) is 5.89. The average molecular weight is 644 g/mol. The Morgan fingerprint density at radius 3 is 2.30 bits per heavy atom. The maximum atomic E-state index is 14.9. The number of likely N-dealkylation sites (tertiary alicyclic amines) is 1. The fourth-order valence-electron chi connectivity index (χ4n) is 8.16. The summed E-state index contributed by atoms with van der Waals surface area (Å²) in [5.74, 6) is -1.98. The molecule has 3 aliphatic heterocycles. The van der Waals surface area contributed by atoms with Gasteiger partial charge in [-0.15, -0.1) is 13.2 Å². The van der Waals surface area contributed by atoms with Crippen molar-refractivity contribution in [2.75, 3.05) is 31.2 Å². The fraction of sp³-hybridized carbons (Fsp3) is 0.500. The minimum absolute atomic E-state index is 0.149. The molecule has 0 radical (unpaired) electrons. The molecule has 3 amide bonds. The van der Waals surface area contributed by atoms with Gasteiger partial charge < -0.3 is 29.3 Å². The molecule has 3 heterocycles. The van der Waals surface area contributed by atoms with Crippen LogP contribution in [-0.4, -0.2) is 82.2 Å². The lowest BCUT2D eigenvalue weighted by atomic mass is 9.64. The number of carbonyl (C=O) groups is 3. The van der Waals surface area contributed by atoms with Crippen molar-refractivity contribution >= 4 is 23.4 Å². The third-order valence-electron chi connectivity index (χ3n) is 10.3. The molecule has 3 fully saturated rings. The van der Waals surface area contributed by atoms with Gasteiger partial charge in [0.1, 0.15) is 17.4 Å². The van der Waals surface area contributed by atoms with Crippen LogP contribution in [0.5, 0.6) is 5.75 Å². The number of amides is 3. The molecule has 0 aliphatic carbocycles. The summed E-state index contributed by atoms with van der Waals surface area (Å²) in [7, 11) is 0. The van der Waals surface area contributed by atoms with E-state index in [1.165, 1.54) is 0 Å². The molecular formula is C38H49N3O6. The normalized spacial score (nSPS) is 26.6. The molecule has 6 atom stereocenters. The number of aliphatic hydroxyl groups is 1. The molecule has 0 saturated carbocycles.